The zero-order valence-corrected chi connectivity index (χ0v) is 15.2. The van der Waals surface area contributed by atoms with Crippen LogP contribution >= 0.6 is 47.5 Å². The molecular formula is C14H19Cl2N3OS2. The summed E-state index contributed by atoms with van der Waals surface area (Å²) in [5.41, 5.74) is 0.857. The molecule has 122 valence electrons. The van der Waals surface area contributed by atoms with Crippen LogP contribution in [0.4, 0.5) is 0 Å². The summed E-state index contributed by atoms with van der Waals surface area (Å²) in [6.45, 7) is 1.79. The number of aromatic nitrogens is 1. The van der Waals surface area contributed by atoms with Gasteiger partial charge >= 0.3 is 0 Å². The molecule has 1 amide bonds. The van der Waals surface area contributed by atoms with E-state index in [1.54, 1.807) is 22.7 Å². The normalized spacial score (nSPS) is 16.6. The Morgan fingerprint density at radius 2 is 2.27 bits per heavy atom. The number of hydrogen-bond donors (Lipinski definition) is 2. The summed E-state index contributed by atoms with van der Waals surface area (Å²) in [7, 11) is 0. The number of nitrogens with one attached hydrogen (secondary N) is 2. The van der Waals surface area contributed by atoms with Crippen LogP contribution < -0.4 is 10.6 Å². The Morgan fingerprint density at radius 1 is 1.41 bits per heavy atom. The third kappa shape index (κ3) is 5.21. The number of halogens is 2. The fraction of sp³-hybridized carbons (Fsp3) is 0.429. The Morgan fingerprint density at radius 3 is 2.95 bits per heavy atom. The number of thiazole rings is 1. The minimum Gasteiger partial charge on any atom is -0.354 e. The highest BCUT2D eigenvalue weighted by Gasteiger charge is 2.15. The fourth-order valence-electron chi connectivity index (χ4n) is 2.30. The van der Waals surface area contributed by atoms with Gasteiger partial charge in [-0.1, -0.05) is 6.07 Å². The molecule has 1 aliphatic rings. The molecule has 1 fully saturated rings. The molecule has 3 heterocycles. The first-order valence-electron chi connectivity index (χ1n) is 6.79. The molecule has 2 aromatic rings. The number of thiophene rings is 1. The summed E-state index contributed by atoms with van der Waals surface area (Å²) in [5, 5.41) is 11.4. The maximum atomic E-state index is 11.9. The molecule has 1 aliphatic heterocycles. The summed E-state index contributed by atoms with van der Waals surface area (Å²) in [6, 6.07) is 4.51. The van der Waals surface area contributed by atoms with Gasteiger partial charge in [-0.2, -0.15) is 0 Å². The molecule has 0 saturated carbocycles. The molecule has 4 nitrogen and oxygen atoms in total. The fourth-order valence-corrected chi connectivity index (χ4v) is 3.93. The quantitative estimate of drug-likeness (QED) is 0.838. The zero-order valence-electron chi connectivity index (χ0n) is 11.9. The van der Waals surface area contributed by atoms with E-state index in [1.807, 2.05) is 16.8 Å². The number of nitrogens with zero attached hydrogens (tertiary/aromatic N) is 1. The molecule has 1 unspecified atom stereocenters. The standard InChI is InChI=1S/C14H17N3OS2.2ClH/c18-13(16-8-10-3-1-5-15-10)7-11-9-20-14(17-11)12-4-2-6-19-12;;/h2,4,6,9-10,15H,1,3,5,7-8H2,(H,16,18);2*1H. The highest BCUT2D eigenvalue weighted by molar-refractivity contribution is 7.20. The Hall–Kier alpha value is -0.660. The molecular weight excluding hydrogens is 361 g/mol. The van der Waals surface area contributed by atoms with E-state index in [0.717, 1.165) is 35.1 Å². The monoisotopic (exact) mass is 379 g/mol. The lowest BCUT2D eigenvalue weighted by Crippen LogP contribution is -2.37. The average Bonchev–Trinajstić information content (AvgIpc) is 3.18. The van der Waals surface area contributed by atoms with Gasteiger partial charge in [0, 0.05) is 18.0 Å². The van der Waals surface area contributed by atoms with Crippen LogP contribution in [0.15, 0.2) is 22.9 Å². The highest BCUT2D eigenvalue weighted by atomic mass is 35.5. The van der Waals surface area contributed by atoms with Gasteiger partial charge in [-0.05, 0) is 30.8 Å². The lowest BCUT2D eigenvalue weighted by molar-refractivity contribution is -0.120. The maximum absolute atomic E-state index is 11.9. The van der Waals surface area contributed by atoms with Crippen LogP contribution in [0.25, 0.3) is 9.88 Å². The van der Waals surface area contributed by atoms with Crippen molar-refractivity contribution < 1.29 is 4.79 Å². The molecule has 8 heteroatoms. The van der Waals surface area contributed by atoms with E-state index in [4.69, 9.17) is 0 Å². The van der Waals surface area contributed by atoms with E-state index in [9.17, 15) is 4.79 Å². The molecule has 1 saturated heterocycles. The smallest absolute Gasteiger partial charge is 0.226 e. The van der Waals surface area contributed by atoms with Crippen LogP contribution in [0.5, 0.6) is 0 Å². The summed E-state index contributed by atoms with van der Waals surface area (Å²) in [4.78, 5) is 17.6. The first kappa shape index (κ1) is 19.4. The summed E-state index contributed by atoms with van der Waals surface area (Å²) in [6.07, 6.45) is 2.73. The van der Waals surface area contributed by atoms with Crippen molar-refractivity contribution in [2.75, 3.05) is 13.1 Å². The van der Waals surface area contributed by atoms with E-state index < -0.39 is 0 Å². The SMILES string of the molecule is Cl.Cl.O=C(Cc1csc(-c2cccs2)n1)NCC1CCCN1. The largest absolute Gasteiger partial charge is 0.354 e. The van der Waals surface area contributed by atoms with Crippen LogP contribution in [0.3, 0.4) is 0 Å². The maximum Gasteiger partial charge on any atom is 0.226 e. The zero-order chi connectivity index (χ0) is 13.8. The van der Waals surface area contributed by atoms with Gasteiger partial charge < -0.3 is 10.6 Å². The molecule has 1 atom stereocenters. The minimum atomic E-state index is 0. The molecule has 0 aliphatic carbocycles. The molecule has 2 aromatic heterocycles. The lowest BCUT2D eigenvalue weighted by atomic mass is 10.2. The molecule has 0 aromatic carbocycles. The molecule has 0 radical (unpaired) electrons. The van der Waals surface area contributed by atoms with Gasteiger partial charge in [-0.15, -0.1) is 47.5 Å². The van der Waals surface area contributed by atoms with Crippen molar-refractivity contribution >= 4 is 53.4 Å². The Balaban J connectivity index is 0.00000121. The number of hydrogen-bond acceptors (Lipinski definition) is 5. The van der Waals surface area contributed by atoms with E-state index in [0.29, 0.717) is 12.5 Å². The van der Waals surface area contributed by atoms with Gasteiger partial charge in [0.25, 0.3) is 0 Å². The van der Waals surface area contributed by atoms with Gasteiger partial charge in [0.05, 0.1) is 17.0 Å². The van der Waals surface area contributed by atoms with Crippen LogP contribution in [0.2, 0.25) is 0 Å². The van der Waals surface area contributed by atoms with Crippen molar-refractivity contribution in [3.05, 3.63) is 28.6 Å². The first-order valence-corrected chi connectivity index (χ1v) is 8.55. The highest BCUT2D eigenvalue weighted by Crippen LogP contribution is 2.27. The van der Waals surface area contributed by atoms with Crippen molar-refractivity contribution in [2.24, 2.45) is 0 Å². The van der Waals surface area contributed by atoms with E-state index >= 15 is 0 Å². The van der Waals surface area contributed by atoms with Gasteiger partial charge in [0.2, 0.25) is 5.91 Å². The topological polar surface area (TPSA) is 54.0 Å². The van der Waals surface area contributed by atoms with Gasteiger partial charge in [0.15, 0.2) is 0 Å². The van der Waals surface area contributed by atoms with E-state index in [-0.39, 0.29) is 30.7 Å². The van der Waals surface area contributed by atoms with Crippen molar-refractivity contribution in [2.45, 2.75) is 25.3 Å². The molecule has 22 heavy (non-hydrogen) atoms. The van der Waals surface area contributed by atoms with Crippen LogP contribution in [-0.2, 0) is 11.2 Å². The first-order chi connectivity index (χ1) is 9.81. The number of carbonyl (C=O) groups excluding carboxylic acids is 1. The van der Waals surface area contributed by atoms with Gasteiger partial charge in [-0.3, -0.25) is 4.79 Å². The molecule has 3 rings (SSSR count). The molecule has 0 spiro atoms. The van der Waals surface area contributed by atoms with Crippen LogP contribution in [0.1, 0.15) is 18.5 Å². The number of carbonyl (C=O) groups is 1. The van der Waals surface area contributed by atoms with Crippen LogP contribution in [0, 0.1) is 0 Å². The lowest BCUT2D eigenvalue weighted by Gasteiger charge is -2.10. The van der Waals surface area contributed by atoms with Crippen LogP contribution in [-0.4, -0.2) is 30.0 Å². The van der Waals surface area contributed by atoms with Gasteiger partial charge in [0.1, 0.15) is 5.01 Å². The molecule has 0 bridgehead atoms. The third-order valence-electron chi connectivity index (χ3n) is 3.33. The van der Waals surface area contributed by atoms with Crippen molar-refractivity contribution in [3.8, 4) is 9.88 Å². The number of rotatable bonds is 5. The van der Waals surface area contributed by atoms with Crippen molar-refractivity contribution in [1.29, 1.82) is 0 Å². The summed E-state index contributed by atoms with van der Waals surface area (Å²) < 4.78 is 0. The second-order valence-corrected chi connectivity index (χ2v) is 6.70. The second kappa shape index (κ2) is 9.47. The summed E-state index contributed by atoms with van der Waals surface area (Å²) in [5.74, 6) is 0.0572. The summed E-state index contributed by atoms with van der Waals surface area (Å²) >= 11 is 3.27. The Bertz CT molecular complexity index is 568. The Labute approximate surface area is 150 Å². The minimum absolute atomic E-state index is 0. The predicted octanol–water partition coefficient (Wildman–Crippen LogP) is 3.13. The number of amides is 1. The van der Waals surface area contributed by atoms with Crippen molar-refractivity contribution in [1.82, 2.24) is 15.6 Å². The third-order valence-corrected chi connectivity index (χ3v) is 5.26. The van der Waals surface area contributed by atoms with Crippen molar-refractivity contribution in [3.63, 3.8) is 0 Å². The second-order valence-electron chi connectivity index (χ2n) is 4.90. The van der Waals surface area contributed by atoms with E-state index in [1.165, 1.54) is 6.42 Å². The average molecular weight is 380 g/mol. The molecule has 2 N–H and O–H groups in total. The van der Waals surface area contributed by atoms with Gasteiger partial charge in [-0.25, -0.2) is 4.98 Å². The Kier molecular flexibility index (Phi) is 8.35. The predicted molar refractivity (Wildman–Crippen MR) is 97.7 cm³/mol. The van der Waals surface area contributed by atoms with E-state index in [2.05, 4.69) is 21.7 Å².